The van der Waals surface area contributed by atoms with Crippen molar-refractivity contribution >= 4 is 38.5 Å². The summed E-state index contributed by atoms with van der Waals surface area (Å²) >= 11 is 0. The van der Waals surface area contributed by atoms with Gasteiger partial charge in [-0.15, -0.1) is 12.4 Å². The van der Waals surface area contributed by atoms with Crippen molar-refractivity contribution in [2.75, 3.05) is 59.0 Å². The largest absolute Gasteiger partial charge is 1.00 e. The van der Waals surface area contributed by atoms with Crippen LogP contribution in [-0.2, 0) is 38.6 Å². The topological polar surface area (TPSA) is 352 Å². The molecule has 0 aliphatic carbocycles. The first kappa shape index (κ1) is 116. The van der Waals surface area contributed by atoms with Crippen molar-refractivity contribution in [3.8, 4) is 89.0 Å². The summed E-state index contributed by atoms with van der Waals surface area (Å²) in [6.45, 7) is 19.6. The first-order chi connectivity index (χ1) is 62.8. The molecule has 0 spiro atoms. The molecule has 12 aromatic carbocycles. The molecule has 5 atom stereocenters. The number of rotatable bonds is 35. The van der Waals surface area contributed by atoms with Gasteiger partial charge in [0.2, 0.25) is 0 Å². The number of amides is 1. The summed E-state index contributed by atoms with van der Waals surface area (Å²) in [5.41, 5.74) is 65.5. The summed E-state index contributed by atoms with van der Waals surface area (Å²) in [6.07, 6.45) is 7.94. The Kier molecular flexibility index (Phi) is 55.8. The Labute approximate surface area is 823 Å². The van der Waals surface area contributed by atoms with Gasteiger partial charge in [-0.2, -0.15) is 0 Å². The molecule has 1 fully saturated rings. The maximum atomic E-state index is 12.8. The molecule has 1 aliphatic rings. The lowest BCUT2D eigenvalue weighted by Crippen LogP contribution is -3.00. The van der Waals surface area contributed by atoms with Crippen LogP contribution in [0.15, 0.2) is 315 Å². The maximum Gasteiger partial charge on any atom is 0.519 e. The molecule has 2 radical (unpaired) electrons. The molecule has 23 N–H and O–H groups in total. The standard InChI is InChI=1S/C24H27N3O.3C24H29N3.C10H18O5.C4H7BO.4ClH/c25-13-7-12-23(26)17-27-24(28)22-15-20(18-8-3-1-4-9-18)14-21(16-22)19-10-5-2-6-11-19;3*25-13-7-12-24(26)18-27-17-19-14-22(20-8-3-1-4-9-20)16-23(15-19)21-10-5-2-6-11-21;1-9(2,3)14-7(11)13-8(12)15-10(4,5)6;5-4-2-1-3-6-4;;;;/h1-6,8-11,14-16,23H,7,12-13,17,25-26H2,(H,27,28);3*1-6,8-11,14-16,24,27H,7,12-13,17-18,25-26H2;1-6H3;4H,1-3H2;4*1H/t23-;3*24-;;;;;;/m0000....../s1. The van der Waals surface area contributed by atoms with Gasteiger partial charge in [-0.1, -0.05) is 243 Å². The molecule has 12 aromatic rings. The van der Waals surface area contributed by atoms with E-state index in [1.807, 2.05) is 48.5 Å². The van der Waals surface area contributed by atoms with Crippen molar-refractivity contribution in [2.45, 2.75) is 167 Å². The number of quaternary nitrogens is 3. The van der Waals surface area contributed by atoms with Crippen LogP contribution in [0.2, 0.25) is 0 Å². The molecule has 1 amide bonds. The average molecular weight is 1900 g/mol. The molecular formula is C110H143BCl4N12O7. The molecule has 716 valence electrons. The van der Waals surface area contributed by atoms with E-state index in [1.54, 1.807) is 41.5 Å². The summed E-state index contributed by atoms with van der Waals surface area (Å²) < 4.78 is 18.7. The van der Waals surface area contributed by atoms with E-state index in [2.05, 4.69) is 304 Å². The van der Waals surface area contributed by atoms with Crippen molar-refractivity contribution in [1.82, 2.24) is 16.0 Å². The Morgan fingerprint density at radius 2 is 0.687 bits per heavy atom. The zero-order valence-corrected chi connectivity index (χ0v) is 82.0. The first-order valence-corrected chi connectivity index (χ1v) is 45.9. The first-order valence-electron chi connectivity index (χ1n) is 45.9. The van der Waals surface area contributed by atoms with Gasteiger partial charge in [0.05, 0.1) is 6.54 Å². The second-order valence-corrected chi connectivity index (χ2v) is 34.7. The van der Waals surface area contributed by atoms with Gasteiger partial charge in [-0.25, -0.2) is 9.59 Å². The minimum absolute atomic E-state index is 0. The molecule has 0 saturated carbocycles. The van der Waals surface area contributed by atoms with Crippen molar-refractivity contribution < 1.29 is 87.3 Å². The van der Waals surface area contributed by atoms with Crippen LogP contribution in [0.3, 0.4) is 0 Å². The third-order valence-electron chi connectivity index (χ3n) is 21.0. The lowest BCUT2D eigenvalue weighted by atomic mass is 9.96. The fourth-order valence-electron chi connectivity index (χ4n) is 14.4. The van der Waals surface area contributed by atoms with Crippen LogP contribution in [0, 0.1) is 0 Å². The van der Waals surface area contributed by atoms with Crippen LogP contribution in [0.4, 0.5) is 9.59 Å². The number of benzene rings is 12. The number of carbonyl (C=O) groups excluding carboxylic acids is 3. The highest BCUT2D eigenvalue weighted by Gasteiger charge is 2.25. The molecule has 0 bridgehead atoms. The molecule has 134 heavy (non-hydrogen) atoms. The van der Waals surface area contributed by atoms with Crippen LogP contribution in [0.25, 0.3) is 89.0 Å². The van der Waals surface area contributed by atoms with Gasteiger partial charge < -0.3 is 123 Å². The van der Waals surface area contributed by atoms with Gasteiger partial charge in [-0.05, 0) is 285 Å². The molecule has 0 aromatic heterocycles. The Hall–Kier alpha value is -10.4. The van der Waals surface area contributed by atoms with Crippen molar-refractivity contribution in [2.24, 2.45) is 34.4 Å². The third kappa shape index (κ3) is 45.3. The fraction of sp³-hybridized carbons (Fsp3) is 0.318. The SMILES string of the molecule is CC(C)(C)OC(=O)OC(=O)OC(C)(C)C.Cl.NCCC[C@H](N)CNC(=O)c1cc(-c2ccccc2)cc(-c2ccccc2)c1.NCCC[C@H](N)CNCc1cc(-c2ccccc2)cc(-c2ccccc2)c1.NCCC[C@H](N)CNCc1cc(-c2ccccc2)cc(-c2ccccc2)c1.[B]C1CCCO1.[Cl-].[Cl-].[Cl-].[NH3+]CCC[C@H]([NH3+])C[NH2+]Cc1cc(-c2ccccc2)cc(-c2ccccc2)c1. The number of carbonyl (C=O) groups is 3. The van der Waals surface area contributed by atoms with Gasteiger partial charge in [-0.3, -0.25) is 4.79 Å². The van der Waals surface area contributed by atoms with Gasteiger partial charge >= 0.3 is 12.3 Å². The zero-order chi connectivity index (χ0) is 93.1. The Morgan fingerprint density at radius 1 is 0.410 bits per heavy atom. The predicted octanol–water partition coefficient (Wildman–Crippen LogP) is 8.48. The minimum Gasteiger partial charge on any atom is -1.00 e. The summed E-state index contributed by atoms with van der Waals surface area (Å²) in [6, 6.07) is 111. The van der Waals surface area contributed by atoms with Crippen molar-refractivity contribution in [1.29, 1.82) is 0 Å². The van der Waals surface area contributed by atoms with Gasteiger partial charge in [0.25, 0.3) is 5.91 Å². The van der Waals surface area contributed by atoms with Crippen LogP contribution in [0.5, 0.6) is 0 Å². The molecular weight excluding hydrogens is 1750 g/mol. The van der Waals surface area contributed by atoms with Crippen LogP contribution >= 0.6 is 12.4 Å². The number of hydrogen-bond donors (Lipinski definition) is 12. The quantitative estimate of drug-likeness (QED) is 0.0101. The highest BCUT2D eigenvalue weighted by atomic mass is 35.5. The van der Waals surface area contributed by atoms with E-state index in [9.17, 15) is 14.4 Å². The van der Waals surface area contributed by atoms with Crippen LogP contribution in [-0.4, -0.2) is 126 Å². The van der Waals surface area contributed by atoms with E-state index in [4.69, 9.17) is 56.5 Å². The monoisotopic (exact) mass is 1900 g/mol. The second-order valence-electron chi connectivity index (χ2n) is 34.7. The molecule has 1 saturated heterocycles. The Bertz CT molecular complexity index is 4600. The average Bonchev–Trinajstić information content (AvgIpc) is 0.908. The smallest absolute Gasteiger partial charge is 0.519 e. The zero-order valence-electron chi connectivity index (χ0n) is 78.9. The Balaban J connectivity index is 0.000000345. The predicted molar refractivity (Wildman–Crippen MR) is 543 cm³/mol. The molecule has 19 nitrogen and oxygen atoms in total. The summed E-state index contributed by atoms with van der Waals surface area (Å²) in [7, 11) is 5.31. The molecule has 1 aliphatic heterocycles. The lowest BCUT2D eigenvalue weighted by Gasteiger charge is -2.20. The summed E-state index contributed by atoms with van der Waals surface area (Å²) in [4.78, 5) is 34.8. The fourth-order valence-corrected chi connectivity index (χ4v) is 14.4. The molecule has 1 heterocycles. The van der Waals surface area contributed by atoms with E-state index in [0.717, 1.165) is 126 Å². The summed E-state index contributed by atoms with van der Waals surface area (Å²) in [5, 5.41) is 12.4. The number of halogens is 4. The van der Waals surface area contributed by atoms with E-state index in [0.29, 0.717) is 37.8 Å². The number of ether oxygens (including phenoxy) is 4. The van der Waals surface area contributed by atoms with Gasteiger partial charge in [0.1, 0.15) is 38.2 Å². The highest BCUT2D eigenvalue weighted by Crippen LogP contribution is 2.34. The van der Waals surface area contributed by atoms with Crippen LogP contribution < -0.4 is 104 Å². The molecule has 1 unspecified atom stereocenters. The molecule has 24 heteroatoms. The van der Waals surface area contributed by atoms with Gasteiger partial charge in [0, 0.05) is 87.4 Å². The van der Waals surface area contributed by atoms with E-state index in [-0.39, 0.29) is 79.7 Å². The van der Waals surface area contributed by atoms with Crippen molar-refractivity contribution in [3.05, 3.63) is 338 Å². The number of hydrogen-bond acceptors (Lipinski definition) is 15. The van der Waals surface area contributed by atoms with Crippen molar-refractivity contribution in [3.63, 3.8) is 0 Å². The lowest BCUT2D eigenvalue weighted by molar-refractivity contribution is -0.694. The number of nitrogens with two attached hydrogens (primary N) is 7. The van der Waals surface area contributed by atoms with E-state index >= 15 is 0 Å². The van der Waals surface area contributed by atoms with E-state index in [1.165, 1.54) is 96.3 Å². The highest BCUT2D eigenvalue weighted by molar-refractivity contribution is 6.11. The minimum atomic E-state index is -1.06. The normalized spacial score (nSPS) is 12.6. The third-order valence-corrected chi connectivity index (χ3v) is 21.0. The second kappa shape index (κ2) is 64.5. The van der Waals surface area contributed by atoms with Crippen LogP contribution in [0.1, 0.15) is 133 Å². The van der Waals surface area contributed by atoms with Gasteiger partial charge in [0.15, 0.2) is 0 Å². The number of nitrogens with one attached hydrogen (secondary N) is 3. The summed E-state index contributed by atoms with van der Waals surface area (Å²) in [5.74, 6) is -0.113. The Morgan fingerprint density at radius 3 is 0.933 bits per heavy atom. The maximum absolute atomic E-state index is 12.8. The molecule has 13 rings (SSSR count). The van der Waals surface area contributed by atoms with E-state index < -0.39 is 23.5 Å².